The zero-order valence-corrected chi connectivity index (χ0v) is 12.8. The molecule has 116 valence electrons. The third-order valence-corrected chi connectivity index (χ3v) is 4.80. The van der Waals surface area contributed by atoms with Crippen molar-refractivity contribution in [3.63, 3.8) is 0 Å². The first-order chi connectivity index (χ1) is 9.58. The summed E-state index contributed by atoms with van der Waals surface area (Å²) in [4.78, 5) is 14.5. The van der Waals surface area contributed by atoms with E-state index in [0.29, 0.717) is 12.6 Å². The largest absolute Gasteiger partial charge is 0.465 e. The molecule has 5 heteroatoms. The van der Waals surface area contributed by atoms with Crippen molar-refractivity contribution in [1.29, 1.82) is 0 Å². The zero-order valence-electron chi connectivity index (χ0n) is 12.8. The van der Waals surface area contributed by atoms with Gasteiger partial charge in [0.2, 0.25) is 0 Å². The van der Waals surface area contributed by atoms with Crippen molar-refractivity contribution in [2.24, 2.45) is 11.7 Å². The standard InChI is InChI=1S/C15H28N2O3/c1-3-20-14(18)15(16)7-4-5-13(15)6-8-17-9-10-19-11-12(17)2/h12-13H,3-11,16H2,1-2H3. The summed E-state index contributed by atoms with van der Waals surface area (Å²) >= 11 is 0. The van der Waals surface area contributed by atoms with Crippen LogP contribution in [0.3, 0.4) is 0 Å². The highest BCUT2D eigenvalue weighted by Crippen LogP contribution is 2.37. The molecule has 0 aromatic heterocycles. The number of morpholine rings is 1. The average molecular weight is 284 g/mol. The van der Waals surface area contributed by atoms with E-state index in [4.69, 9.17) is 15.2 Å². The van der Waals surface area contributed by atoms with Crippen LogP contribution < -0.4 is 5.73 Å². The number of ether oxygens (including phenoxy) is 2. The minimum absolute atomic E-state index is 0.211. The predicted octanol–water partition coefficient (Wildman–Crippen LogP) is 1.16. The number of nitrogens with zero attached hydrogens (tertiary/aromatic N) is 1. The smallest absolute Gasteiger partial charge is 0.326 e. The normalized spacial score (nSPS) is 35.1. The van der Waals surface area contributed by atoms with Crippen molar-refractivity contribution in [3.8, 4) is 0 Å². The molecule has 0 radical (unpaired) electrons. The van der Waals surface area contributed by atoms with Crippen molar-refractivity contribution < 1.29 is 14.3 Å². The molecule has 1 aliphatic carbocycles. The van der Waals surface area contributed by atoms with Gasteiger partial charge in [-0.25, -0.2) is 0 Å². The molecular weight excluding hydrogens is 256 g/mol. The van der Waals surface area contributed by atoms with Gasteiger partial charge in [-0.15, -0.1) is 0 Å². The van der Waals surface area contributed by atoms with Crippen LogP contribution in [0.15, 0.2) is 0 Å². The molecular formula is C15H28N2O3. The minimum atomic E-state index is -0.758. The van der Waals surface area contributed by atoms with Gasteiger partial charge in [0.1, 0.15) is 5.54 Å². The second-order valence-corrected chi connectivity index (χ2v) is 6.10. The first-order valence-electron chi connectivity index (χ1n) is 7.86. The van der Waals surface area contributed by atoms with Crippen LogP contribution in [0.1, 0.15) is 39.5 Å². The molecule has 0 bridgehead atoms. The van der Waals surface area contributed by atoms with E-state index in [1.165, 1.54) is 0 Å². The number of nitrogens with two attached hydrogens (primary N) is 1. The fourth-order valence-electron chi connectivity index (χ4n) is 3.45. The summed E-state index contributed by atoms with van der Waals surface area (Å²) in [6.07, 6.45) is 3.79. The van der Waals surface area contributed by atoms with Crippen molar-refractivity contribution in [2.75, 3.05) is 32.9 Å². The molecule has 1 aliphatic heterocycles. The molecule has 0 amide bonds. The number of carbonyl (C=O) groups excluding carboxylic acids is 1. The van der Waals surface area contributed by atoms with Gasteiger partial charge in [0.25, 0.3) is 0 Å². The van der Waals surface area contributed by atoms with Crippen molar-refractivity contribution >= 4 is 5.97 Å². The van der Waals surface area contributed by atoms with Gasteiger partial charge in [0.15, 0.2) is 0 Å². The van der Waals surface area contributed by atoms with Crippen LogP contribution in [0, 0.1) is 5.92 Å². The van der Waals surface area contributed by atoms with Crippen LogP contribution in [0.2, 0.25) is 0 Å². The molecule has 1 saturated heterocycles. The SMILES string of the molecule is CCOC(=O)C1(N)CCCC1CCN1CCOCC1C. The van der Waals surface area contributed by atoms with Gasteiger partial charge in [0.05, 0.1) is 19.8 Å². The molecule has 20 heavy (non-hydrogen) atoms. The minimum Gasteiger partial charge on any atom is -0.465 e. The third kappa shape index (κ3) is 3.32. The van der Waals surface area contributed by atoms with Crippen molar-refractivity contribution in [2.45, 2.75) is 51.1 Å². The van der Waals surface area contributed by atoms with Crippen molar-refractivity contribution in [3.05, 3.63) is 0 Å². The molecule has 2 N–H and O–H groups in total. The van der Waals surface area contributed by atoms with Gasteiger partial charge in [-0.3, -0.25) is 9.69 Å². The van der Waals surface area contributed by atoms with Crippen LogP contribution in [0.25, 0.3) is 0 Å². The Hall–Kier alpha value is -0.650. The second kappa shape index (κ2) is 6.87. The number of carbonyl (C=O) groups is 1. The maximum atomic E-state index is 12.1. The molecule has 5 nitrogen and oxygen atoms in total. The van der Waals surface area contributed by atoms with E-state index in [-0.39, 0.29) is 11.9 Å². The van der Waals surface area contributed by atoms with Gasteiger partial charge < -0.3 is 15.2 Å². The molecule has 0 aromatic rings. The molecule has 2 fully saturated rings. The number of rotatable bonds is 5. The Labute approximate surface area is 121 Å². The lowest BCUT2D eigenvalue weighted by Gasteiger charge is -2.35. The summed E-state index contributed by atoms with van der Waals surface area (Å²) in [5, 5.41) is 0. The summed E-state index contributed by atoms with van der Waals surface area (Å²) in [5.74, 6) is 0.0362. The topological polar surface area (TPSA) is 64.8 Å². The lowest BCUT2D eigenvalue weighted by molar-refractivity contribution is -0.151. The van der Waals surface area contributed by atoms with Gasteiger partial charge in [-0.2, -0.15) is 0 Å². The van der Waals surface area contributed by atoms with E-state index in [1.54, 1.807) is 0 Å². The zero-order chi connectivity index (χ0) is 14.6. The van der Waals surface area contributed by atoms with Gasteiger partial charge in [0, 0.05) is 12.6 Å². The molecule has 0 spiro atoms. The van der Waals surface area contributed by atoms with E-state index in [2.05, 4.69) is 11.8 Å². The Kier molecular flexibility index (Phi) is 5.41. The van der Waals surface area contributed by atoms with E-state index < -0.39 is 5.54 Å². The molecule has 2 aliphatic rings. The first kappa shape index (κ1) is 15.7. The van der Waals surface area contributed by atoms with Gasteiger partial charge in [-0.1, -0.05) is 6.42 Å². The highest BCUT2D eigenvalue weighted by atomic mass is 16.5. The Morgan fingerprint density at radius 1 is 1.55 bits per heavy atom. The van der Waals surface area contributed by atoms with Crippen LogP contribution >= 0.6 is 0 Å². The molecule has 1 saturated carbocycles. The molecule has 0 aromatic carbocycles. The fourth-order valence-corrected chi connectivity index (χ4v) is 3.45. The third-order valence-electron chi connectivity index (χ3n) is 4.80. The lowest BCUT2D eigenvalue weighted by atomic mass is 9.85. The van der Waals surface area contributed by atoms with E-state index in [1.807, 2.05) is 6.92 Å². The molecule has 3 unspecified atom stereocenters. The number of esters is 1. The Bertz CT molecular complexity index is 337. The van der Waals surface area contributed by atoms with Crippen LogP contribution in [0.4, 0.5) is 0 Å². The molecule has 1 heterocycles. The van der Waals surface area contributed by atoms with Crippen LogP contribution in [-0.4, -0.2) is 55.4 Å². The van der Waals surface area contributed by atoms with E-state index in [9.17, 15) is 4.79 Å². The summed E-state index contributed by atoms with van der Waals surface area (Å²) in [6.45, 7) is 8.01. The summed E-state index contributed by atoms with van der Waals surface area (Å²) in [7, 11) is 0. The maximum Gasteiger partial charge on any atom is 0.326 e. The summed E-state index contributed by atoms with van der Waals surface area (Å²) in [5.41, 5.74) is 5.61. The van der Waals surface area contributed by atoms with Crippen LogP contribution in [0.5, 0.6) is 0 Å². The Morgan fingerprint density at radius 3 is 3.05 bits per heavy atom. The highest BCUT2D eigenvalue weighted by molar-refractivity contribution is 5.81. The van der Waals surface area contributed by atoms with Gasteiger partial charge >= 0.3 is 5.97 Å². The average Bonchev–Trinajstić information content (AvgIpc) is 2.81. The Balaban J connectivity index is 1.89. The summed E-state index contributed by atoms with van der Waals surface area (Å²) < 4.78 is 10.6. The summed E-state index contributed by atoms with van der Waals surface area (Å²) in [6, 6.07) is 0.458. The fraction of sp³-hybridized carbons (Fsp3) is 0.933. The quantitative estimate of drug-likeness (QED) is 0.767. The number of hydrogen-bond acceptors (Lipinski definition) is 5. The first-order valence-corrected chi connectivity index (χ1v) is 7.86. The Morgan fingerprint density at radius 2 is 2.35 bits per heavy atom. The number of hydrogen-bond donors (Lipinski definition) is 1. The second-order valence-electron chi connectivity index (χ2n) is 6.10. The van der Waals surface area contributed by atoms with Crippen LogP contribution in [-0.2, 0) is 14.3 Å². The highest BCUT2D eigenvalue weighted by Gasteiger charge is 2.46. The van der Waals surface area contributed by atoms with Crippen molar-refractivity contribution in [1.82, 2.24) is 4.90 Å². The maximum absolute atomic E-state index is 12.1. The van der Waals surface area contributed by atoms with E-state index >= 15 is 0 Å². The van der Waals surface area contributed by atoms with Gasteiger partial charge in [-0.05, 0) is 45.6 Å². The lowest BCUT2D eigenvalue weighted by Crippen LogP contribution is -2.53. The monoisotopic (exact) mass is 284 g/mol. The predicted molar refractivity (Wildman–Crippen MR) is 77.4 cm³/mol. The molecule has 2 rings (SSSR count). The molecule has 3 atom stereocenters. The van der Waals surface area contributed by atoms with E-state index in [0.717, 1.165) is 52.0 Å².